The number of hydrogen-bond acceptors (Lipinski definition) is 3. The molecule has 0 radical (unpaired) electrons. The number of aliphatic hydroxyl groups is 1. The second kappa shape index (κ2) is 7.51. The normalized spacial score (nSPS) is 16.8. The summed E-state index contributed by atoms with van der Waals surface area (Å²) in [5.41, 5.74) is 2.69. The van der Waals surface area contributed by atoms with E-state index >= 15 is 0 Å². The van der Waals surface area contributed by atoms with Crippen molar-refractivity contribution in [1.82, 2.24) is 5.32 Å². The molecule has 2 rings (SSSR count). The van der Waals surface area contributed by atoms with Crippen LogP contribution in [0, 0.1) is 0 Å². The van der Waals surface area contributed by atoms with Gasteiger partial charge in [-0.1, -0.05) is 12.1 Å². The molecule has 1 fully saturated rings. The lowest BCUT2D eigenvalue weighted by atomic mass is 10.2. The Morgan fingerprint density at radius 3 is 2.53 bits per heavy atom. The van der Waals surface area contributed by atoms with Gasteiger partial charge in [-0.2, -0.15) is 0 Å². The van der Waals surface area contributed by atoms with Crippen LogP contribution in [0.1, 0.15) is 38.2 Å². The minimum Gasteiger partial charge on any atom is -0.393 e. The largest absolute Gasteiger partial charge is 0.393 e. The zero-order chi connectivity index (χ0) is 13.5. The third kappa shape index (κ3) is 4.84. The number of anilines is 1. The zero-order valence-electron chi connectivity index (χ0n) is 11.9. The number of rotatable bonds is 7. The van der Waals surface area contributed by atoms with Crippen molar-refractivity contribution in [3.63, 3.8) is 0 Å². The first-order valence-electron chi connectivity index (χ1n) is 7.48. The summed E-state index contributed by atoms with van der Waals surface area (Å²) in [6.45, 7) is 6.14. The predicted octanol–water partition coefficient (Wildman–Crippen LogP) is 2.54. The van der Waals surface area contributed by atoms with Crippen molar-refractivity contribution in [2.24, 2.45) is 0 Å². The van der Waals surface area contributed by atoms with Crippen molar-refractivity contribution in [1.29, 1.82) is 0 Å². The monoisotopic (exact) mass is 262 g/mol. The lowest BCUT2D eigenvalue weighted by Crippen LogP contribution is -2.18. The highest BCUT2D eigenvalue weighted by molar-refractivity contribution is 5.48. The van der Waals surface area contributed by atoms with Gasteiger partial charge in [0, 0.05) is 25.3 Å². The molecular formula is C16H26N2O. The minimum atomic E-state index is -0.179. The summed E-state index contributed by atoms with van der Waals surface area (Å²) >= 11 is 0. The average molecular weight is 262 g/mol. The van der Waals surface area contributed by atoms with Crippen molar-refractivity contribution in [3.05, 3.63) is 29.8 Å². The standard InChI is InChI=1S/C16H26N2O/c1-14(19)5-4-10-17-13-15-6-8-16(9-7-15)18-11-2-3-12-18/h6-9,14,17,19H,2-5,10-13H2,1H3. The van der Waals surface area contributed by atoms with E-state index in [4.69, 9.17) is 0 Å². The third-order valence-corrected chi connectivity index (χ3v) is 3.71. The highest BCUT2D eigenvalue weighted by Gasteiger charge is 2.11. The van der Waals surface area contributed by atoms with Gasteiger partial charge in [0.1, 0.15) is 0 Å². The van der Waals surface area contributed by atoms with Gasteiger partial charge in [-0.05, 0) is 56.8 Å². The van der Waals surface area contributed by atoms with Gasteiger partial charge in [0.05, 0.1) is 6.10 Å². The number of hydrogen-bond donors (Lipinski definition) is 2. The van der Waals surface area contributed by atoms with E-state index in [9.17, 15) is 5.11 Å². The van der Waals surface area contributed by atoms with Gasteiger partial charge in [0.2, 0.25) is 0 Å². The van der Waals surface area contributed by atoms with E-state index in [1.165, 1.54) is 37.2 Å². The van der Waals surface area contributed by atoms with E-state index < -0.39 is 0 Å². The van der Waals surface area contributed by atoms with Crippen molar-refractivity contribution in [3.8, 4) is 0 Å². The van der Waals surface area contributed by atoms with Crippen LogP contribution in [0.3, 0.4) is 0 Å². The zero-order valence-corrected chi connectivity index (χ0v) is 11.9. The van der Waals surface area contributed by atoms with E-state index in [1.807, 2.05) is 6.92 Å². The highest BCUT2D eigenvalue weighted by Crippen LogP contribution is 2.20. The Morgan fingerprint density at radius 2 is 1.89 bits per heavy atom. The maximum Gasteiger partial charge on any atom is 0.0512 e. The first-order valence-corrected chi connectivity index (χ1v) is 7.48. The smallest absolute Gasteiger partial charge is 0.0512 e. The second-order valence-corrected chi connectivity index (χ2v) is 5.53. The Morgan fingerprint density at radius 1 is 1.21 bits per heavy atom. The van der Waals surface area contributed by atoms with E-state index in [-0.39, 0.29) is 6.10 Å². The molecule has 1 aliphatic rings. The molecule has 2 N–H and O–H groups in total. The molecule has 106 valence electrons. The van der Waals surface area contributed by atoms with Crippen LogP contribution in [-0.4, -0.2) is 30.8 Å². The Labute approximate surface area is 116 Å². The number of nitrogens with one attached hydrogen (secondary N) is 1. The van der Waals surface area contributed by atoms with E-state index in [1.54, 1.807) is 0 Å². The van der Waals surface area contributed by atoms with Crippen LogP contribution in [0.4, 0.5) is 5.69 Å². The molecule has 1 aromatic carbocycles. The van der Waals surface area contributed by atoms with Crippen LogP contribution in [0.2, 0.25) is 0 Å². The van der Waals surface area contributed by atoms with Gasteiger partial charge < -0.3 is 15.3 Å². The number of aliphatic hydroxyl groups excluding tert-OH is 1. The van der Waals surface area contributed by atoms with Crippen molar-refractivity contribution >= 4 is 5.69 Å². The first kappa shape index (κ1) is 14.4. The molecule has 1 aromatic rings. The fourth-order valence-corrected chi connectivity index (χ4v) is 2.56. The Hall–Kier alpha value is -1.06. The molecule has 3 heteroatoms. The fraction of sp³-hybridized carbons (Fsp3) is 0.625. The van der Waals surface area contributed by atoms with Crippen LogP contribution < -0.4 is 10.2 Å². The van der Waals surface area contributed by atoms with Crippen molar-refractivity contribution in [2.45, 2.75) is 45.3 Å². The topological polar surface area (TPSA) is 35.5 Å². The molecule has 0 aromatic heterocycles. The second-order valence-electron chi connectivity index (χ2n) is 5.53. The molecule has 1 unspecified atom stereocenters. The lowest BCUT2D eigenvalue weighted by Gasteiger charge is -2.17. The SMILES string of the molecule is CC(O)CCCNCc1ccc(N2CCCC2)cc1. The van der Waals surface area contributed by atoms with Crippen molar-refractivity contribution < 1.29 is 5.11 Å². The molecule has 0 saturated carbocycles. The lowest BCUT2D eigenvalue weighted by molar-refractivity contribution is 0.181. The van der Waals surface area contributed by atoms with Crippen LogP contribution >= 0.6 is 0 Å². The average Bonchev–Trinajstić information content (AvgIpc) is 2.93. The van der Waals surface area contributed by atoms with Gasteiger partial charge in [-0.3, -0.25) is 0 Å². The van der Waals surface area contributed by atoms with Gasteiger partial charge >= 0.3 is 0 Å². The fourth-order valence-electron chi connectivity index (χ4n) is 2.56. The molecule has 0 bridgehead atoms. The van der Waals surface area contributed by atoms with Gasteiger partial charge in [0.15, 0.2) is 0 Å². The Kier molecular flexibility index (Phi) is 5.67. The molecule has 0 amide bonds. The van der Waals surface area contributed by atoms with E-state index in [0.29, 0.717) is 0 Å². The van der Waals surface area contributed by atoms with Gasteiger partial charge in [-0.15, -0.1) is 0 Å². The first-order chi connectivity index (χ1) is 9.25. The van der Waals surface area contributed by atoms with Crippen LogP contribution in [0.25, 0.3) is 0 Å². The summed E-state index contributed by atoms with van der Waals surface area (Å²) in [6.07, 6.45) is 4.38. The quantitative estimate of drug-likeness (QED) is 0.741. The molecule has 0 aliphatic carbocycles. The number of benzene rings is 1. The molecule has 1 heterocycles. The van der Waals surface area contributed by atoms with Crippen LogP contribution in [-0.2, 0) is 6.54 Å². The van der Waals surface area contributed by atoms with Crippen LogP contribution in [0.15, 0.2) is 24.3 Å². The molecule has 19 heavy (non-hydrogen) atoms. The summed E-state index contributed by atoms with van der Waals surface area (Å²) in [6, 6.07) is 8.90. The Balaban J connectivity index is 1.69. The van der Waals surface area contributed by atoms with Crippen LogP contribution in [0.5, 0.6) is 0 Å². The van der Waals surface area contributed by atoms with Gasteiger partial charge in [0.25, 0.3) is 0 Å². The molecule has 1 aliphatic heterocycles. The molecule has 1 atom stereocenters. The summed E-state index contributed by atoms with van der Waals surface area (Å²) in [4.78, 5) is 2.46. The molecular weight excluding hydrogens is 236 g/mol. The summed E-state index contributed by atoms with van der Waals surface area (Å²) in [7, 11) is 0. The van der Waals surface area contributed by atoms with Gasteiger partial charge in [-0.25, -0.2) is 0 Å². The van der Waals surface area contributed by atoms with Crippen molar-refractivity contribution in [2.75, 3.05) is 24.5 Å². The molecule has 3 nitrogen and oxygen atoms in total. The highest BCUT2D eigenvalue weighted by atomic mass is 16.3. The molecule has 0 spiro atoms. The molecule has 1 saturated heterocycles. The minimum absolute atomic E-state index is 0.179. The number of nitrogens with zero attached hydrogens (tertiary/aromatic N) is 1. The maximum absolute atomic E-state index is 9.17. The summed E-state index contributed by atoms with van der Waals surface area (Å²) in [5.74, 6) is 0. The summed E-state index contributed by atoms with van der Waals surface area (Å²) in [5, 5.41) is 12.6. The van der Waals surface area contributed by atoms with E-state index in [2.05, 4.69) is 34.5 Å². The Bertz CT molecular complexity index is 356. The van der Waals surface area contributed by atoms with E-state index in [0.717, 1.165) is 25.9 Å². The maximum atomic E-state index is 9.17. The predicted molar refractivity (Wildman–Crippen MR) is 80.5 cm³/mol. The summed E-state index contributed by atoms with van der Waals surface area (Å²) < 4.78 is 0. The third-order valence-electron chi connectivity index (χ3n) is 3.71.